The van der Waals surface area contributed by atoms with Gasteiger partial charge in [-0.05, 0) is 104 Å². The van der Waals surface area contributed by atoms with Crippen LogP contribution < -0.4 is 10.1 Å². The second kappa shape index (κ2) is 12.7. The molecule has 5 rings (SSSR count). The Kier molecular flexibility index (Phi) is 9.25. The Morgan fingerprint density at radius 1 is 1.02 bits per heavy atom. The molecule has 1 aliphatic carbocycles. The van der Waals surface area contributed by atoms with E-state index >= 15 is 0 Å². The maximum Gasteiger partial charge on any atom is 0.416 e. The van der Waals surface area contributed by atoms with Gasteiger partial charge in [-0.25, -0.2) is 0 Å². The largest absolute Gasteiger partial charge is 0.494 e. The third kappa shape index (κ3) is 6.57. The van der Waals surface area contributed by atoms with E-state index in [9.17, 15) is 18.0 Å². The van der Waals surface area contributed by atoms with Crippen LogP contribution in [0.1, 0.15) is 53.4 Å². The molecule has 1 aliphatic rings. The quantitative estimate of drug-likeness (QED) is 0.188. The molecule has 1 saturated carbocycles. The Bertz CT molecular complexity index is 1510. The van der Waals surface area contributed by atoms with Gasteiger partial charge in [0.1, 0.15) is 10.6 Å². The van der Waals surface area contributed by atoms with Crippen LogP contribution in [0, 0.1) is 3.57 Å². The Morgan fingerprint density at radius 2 is 1.71 bits per heavy atom. The van der Waals surface area contributed by atoms with E-state index in [0.717, 1.165) is 67.5 Å². The highest BCUT2D eigenvalue weighted by molar-refractivity contribution is 14.1. The van der Waals surface area contributed by atoms with Crippen molar-refractivity contribution in [3.8, 4) is 16.9 Å². The fourth-order valence-corrected chi connectivity index (χ4v) is 7.80. The van der Waals surface area contributed by atoms with E-state index in [0.29, 0.717) is 30.5 Å². The summed E-state index contributed by atoms with van der Waals surface area (Å²) < 4.78 is 47.5. The average molecular weight is 693 g/mol. The van der Waals surface area contributed by atoms with Gasteiger partial charge in [0, 0.05) is 37.8 Å². The van der Waals surface area contributed by atoms with Crippen LogP contribution >= 0.6 is 33.9 Å². The summed E-state index contributed by atoms with van der Waals surface area (Å²) in [5.41, 5.74) is 1.61. The van der Waals surface area contributed by atoms with E-state index in [1.165, 1.54) is 23.5 Å². The molecular weight excluding hydrogens is 660 g/mol. The molecule has 216 valence electrons. The molecule has 1 heterocycles. The Morgan fingerprint density at radius 3 is 2.34 bits per heavy atom. The van der Waals surface area contributed by atoms with Gasteiger partial charge < -0.3 is 15.0 Å². The zero-order chi connectivity index (χ0) is 29.1. The number of carbonyl (C=O) groups is 1. The van der Waals surface area contributed by atoms with Gasteiger partial charge in [-0.3, -0.25) is 4.79 Å². The number of rotatable bonds is 8. The monoisotopic (exact) mass is 692 g/mol. The molecule has 41 heavy (non-hydrogen) atoms. The number of nitrogens with one attached hydrogen (secondary N) is 1. The van der Waals surface area contributed by atoms with Crippen LogP contribution in [0.2, 0.25) is 0 Å². The molecular formula is C32H32F3IN2O2S. The molecule has 4 aromatic rings. The summed E-state index contributed by atoms with van der Waals surface area (Å²) in [6.07, 6.45) is -0.640. The predicted octanol–water partition coefficient (Wildman–Crippen LogP) is 8.76. The number of fused-ring (bicyclic) bond motifs is 1. The summed E-state index contributed by atoms with van der Waals surface area (Å²) >= 11 is 3.81. The van der Waals surface area contributed by atoms with Crippen molar-refractivity contribution in [3.63, 3.8) is 0 Å². The van der Waals surface area contributed by atoms with Gasteiger partial charge in [0.2, 0.25) is 0 Å². The van der Waals surface area contributed by atoms with Crippen LogP contribution in [0.5, 0.6) is 5.75 Å². The first kappa shape index (κ1) is 29.8. The van der Waals surface area contributed by atoms with Crippen molar-refractivity contribution < 1.29 is 22.7 Å². The summed E-state index contributed by atoms with van der Waals surface area (Å²) in [6, 6.07) is 19.4. The lowest BCUT2D eigenvalue weighted by atomic mass is 9.89. The number of benzene rings is 3. The Labute approximate surface area is 256 Å². The van der Waals surface area contributed by atoms with Crippen molar-refractivity contribution in [1.29, 1.82) is 0 Å². The molecule has 0 atom stereocenters. The second-order valence-electron chi connectivity index (χ2n) is 10.3. The van der Waals surface area contributed by atoms with Crippen LogP contribution in [-0.4, -0.2) is 36.5 Å². The van der Waals surface area contributed by atoms with Gasteiger partial charge in [-0.1, -0.05) is 36.4 Å². The van der Waals surface area contributed by atoms with E-state index < -0.39 is 11.7 Å². The first-order valence-corrected chi connectivity index (χ1v) is 15.7. The van der Waals surface area contributed by atoms with Crippen LogP contribution in [0.4, 0.5) is 13.2 Å². The van der Waals surface area contributed by atoms with E-state index in [1.54, 1.807) is 0 Å². The van der Waals surface area contributed by atoms with Crippen molar-refractivity contribution in [2.75, 3.05) is 13.7 Å². The molecule has 0 aliphatic heterocycles. The van der Waals surface area contributed by atoms with E-state index in [-0.39, 0.29) is 11.9 Å². The summed E-state index contributed by atoms with van der Waals surface area (Å²) in [5.74, 6) is 0.682. The maximum absolute atomic E-state index is 14.3. The number of nitrogens with zero attached hydrogens (tertiary/aromatic N) is 1. The van der Waals surface area contributed by atoms with E-state index in [1.807, 2.05) is 61.3 Å². The van der Waals surface area contributed by atoms with Gasteiger partial charge >= 0.3 is 6.18 Å². The van der Waals surface area contributed by atoms with E-state index in [2.05, 4.69) is 27.9 Å². The van der Waals surface area contributed by atoms with Gasteiger partial charge in [-0.2, -0.15) is 13.2 Å². The molecule has 1 N–H and O–H groups in total. The highest BCUT2D eigenvalue weighted by atomic mass is 127. The van der Waals surface area contributed by atoms with Gasteiger partial charge in [0.05, 0.1) is 12.2 Å². The molecule has 4 nitrogen and oxygen atoms in total. The lowest BCUT2D eigenvalue weighted by molar-refractivity contribution is -0.137. The minimum Gasteiger partial charge on any atom is -0.494 e. The molecule has 1 fully saturated rings. The number of thiophene rings is 1. The number of carbonyl (C=O) groups excluding carboxylic acids is 1. The van der Waals surface area contributed by atoms with Crippen LogP contribution in [0.15, 0.2) is 66.7 Å². The third-order valence-corrected chi connectivity index (χ3v) is 10.4. The Balaban J connectivity index is 1.52. The highest BCUT2D eigenvalue weighted by Gasteiger charge is 2.32. The molecule has 3 aromatic carbocycles. The van der Waals surface area contributed by atoms with Crippen LogP contribution in [0.3, 0.4) is 0 Å². The molecule has 0 saturated heterocycles. The fraction of sp³-hybridized carbons (Fsp3) is 0.344. The maximum atomic E-state index is 14.3. The number of hydrogen-bond donors (Lipinski definition) is 1. The number of halogens is 4. The molecule has 1 amide bonds. The number of alkyl halides is 3. The average Bonchev–Trinajstić information content (AvgIpc) is 3.32. The standard InChI is InChI=1S/C32H32F3IN2O2S/c1-3-40-27-17-10-21(20-8-11-23(12-9-20)32(33,34)35)18-22(27)19-38(25-15-13-24(37-2)14-16-25)31(39)30-29(36)26-6-4-5-7-28(26)41-30/h4-12,17-18,24-25,37H,3,13-16,19H2,1-2H3. The first-order valence-electron chi connectivity index (χ1n) is 13.8. The SMILES string of the molecule is CCOc1ccc(-c2ccc(C(F)(F)F)cc2)cc1CN(C(=O)c1sc2ccccc2c1I)C1CCC(NC)CC1. The fourth-order valence-electron chi connectivity index (χ4n) is 5.54. The highest BCUT2D eigenvalue weighted by Crippen LogP contribution is 2.37. The molecule has 1 aromatic heterocycles. The van der Waals surface area contributed by atoms with E-state index in [4.69, 9.17) is 4.74 Å². The van der Waals surface area contributed by atoms with Crippen molar-refractivity contribution >= 4 is 49.9 Å². The lowest BCUT2D eigenvalue weighted by Crippen LogP contribution is -2.44. The van der Waals surface area contributed by atoms with Gasteiger partial charge in [-0.15, -0.1) is 11.3 Å². The van der Waals surface area contributed by atoms with Gasteiger partial charge in [0.15, 0.2) is 0 Å². The summed E-state index contributed by atoms with van der Waals surface area (Å²) in [5, 5.41) is 4.46. The number of amides is 1. The van der Waals surface area contributed by atoms with Crippen molar-refractivity contribution in [3.05, 3.63) is 86.3 Å². The summed E-state index contributed by atoms with van der Waals surface area (Å²) in [6.45, 7) is 2.72. The number of hydrogen-bond acceptors (Lipinski definition) is 4. The van der Waals surface area contributed by atoms with Crippen molar-refractivity contribution in [1.82, 2.24) is 10.2 Å². The van der Waals surface area contributed by atoms with Crippen LogP contribution in [0.25, 0.3) is 21.2 Å². The minimum atomic E-state index is -4.39. The second-order valence-corrected chi connectivity index (χ2v) is 12.4. The normalized spacial score (nSPS) is 17.5. The first-order chi connectivity index (χ1) is 19.7. The summed E-state index contributed by atoms with van der Waals surface area (Å²) in [7, 11) is 1.98. The van der Waals surface area contributed by atoms with Crippen LogP contribution in [-0.2, 0) is 12.7 Å². The van der Waals surface area contributed by atoms with Gasteiger partial charge in [0.25, 0.3) is 5.91 Å². The molecule has 9 heteroatoms. The molecule has 0 radical (unpaired) electrons. The zero-order valence-electron chi connectivity index (χ0n) is 22.9. The molecule has 0 unspecified atom stereocenters. The topological polar surface area (TPSA) is 41.6 Å². The van der Waals surface area contributed by atoms with Crippen molar-refractivity contribution in [2.24, 2.45) is 0 Å². The zero-order valence-corrected chi connectivity index (χ0v) is 25.9. The lowest BCUT2D eigenvalue weighted by Gasteiger charge is -2.37. The molecule has 0 bridgehead atoms. The third-order valence-electron chi connectivity index (χ3n) is 7.78. The predicted molar refractivity (Wildman–Crippen MR) is 168 cm³/mol. The summed E-state index contributed by atoms with van der Waals surface area (Å²) in [4.78, 5) is 17.0. The Hall–Kier alpha value is -2.63. The smallest absolute Gasteiger partial charge is 0.416 e. The van der Waals surface area contributed by atoms with Crippen molar-refractivity contribution in [2.45, 2.75) is 57.4 Å². The minimum absolute atomic E-state index is 0.00545. The number of ether oxygens (including phenoxy) is 1. The molecule has 0 spiro atoms.